The number of amides is 1. The third-order valence-electron chi connectivity index (χ3n) is 4.50. The predicted molar refractivity (Wildman–Crippen MR) is 108 cm³/mol. The summed E-state index contributed by atoms with van der Waals surface area (Å²) in [6.45, 7) is 9.78. The number of piperazine rings is 1. The molecule has 2 aromatic rings. The molecule has 1 aromatic heterocycles. The highest BCUT2D eigenvalue weighted by Gasteiger charge is 2.27. The number of aromatic nitrogens is 2. The molecule has 0 bridgehead atoms. The van der Waals surface area contributed by atoms with Crippen LogP contribution in [0.25, 0.3) is 11.3 Å². The molecular formula is C20H27N5O3. The first kappa shape index (κ1) is 19.7. The Morgan fingerprint density at radius 2 is 1.82 bits per heavy atom. The Morgan fingerprint density at radius 3 is 2.46 bits per heavy atom. The van der Waals surface area contributed by atoms with Crippen molar-refractivity contribution in [1.82, 2.24) is 15.1 Å². The highest BCUT2D eigenvalue weighted by atomic mass is 16.6. The lowest BCUT2D eigenvalue weighted by molar-refractivity contribution is 0.0240. The van der Waals surface area contributed by atoms with Crippen LogP contribution in [0.3, 0.4) is 0 Å². The zero-order chi connectivity index (χ0) is 20.5. The molecule has 8 heteroatoms. The van der Waals surface area contributed by atoms with Crippen LogP contribution in [0.1, 0.15) is 26.3 Å². The van der Waals surface area contributed by atoms with Gasteiger partial charge in [-0.1, -0.05) is 11.6 Å². The van der Waals surface area contributed by atoms with Crippen LogP contribution in [0.15, 0.2) is 24.3 Å². The smallest absolute Gasteiger partial charge is 0.410 e. The summed E-state index contributed by atoms with van der Waals surface area (Å²) in [6.07, 6.45) is -0.307. The van der Waals surface area contributed by atoms with E-state index in [1.807, 2.05) is 45.9 Å². The fraction of sp³-hybridized carbons (Fsp3) is 0.450. The van der Waals surface area contributed by atoms with Crippen molar-refractivity contribution in [2.24, 2.45) is 0 Å². The van der Waals surface area contributed by atoms with Gasteiger partial charge in [-0.3, -0.25) is 0 Å². The molecule has 0 unspecified atom stereocenters. The molecule has 8 nitrogen and oxygen atoms in total. The molecule has 1 aliphatic heterocycles. The molecule has 0 spiro atoms. The molecule has 0 radical (unpaired) electrons. The number of nitrogens with two attached hydrogens (primary N) is 1. The van der Waals surface area contributed by atoms with E-state index in [1.165, 1.54) is 0 Å². The Balaban J connectivity index is 1.76. The van der Waals surface area contributed by atoms with Gasteiger partial charge in [0.1, 0.15) is 11.4 Å². The maximum atomic E-state index is 12.2. The molecular weight excluding hydrogens is 358 g/mol. The van der Waals surface area contributed by atoms with Gasteiger partial charge in [0.25, 0.3) is 0 Å². The number of anilines is 2. The number of carbonyl (C=O) groups is 1. The molecule has 2 heterocycles. The molecule has 0 atom stereocenters. The number of ether oxygens (including phenoxy) is 1. The second-order valence-electron chi connectivity index (χ2n) is 7.98. The van der Waals surface area contributed by atoms with Gasteiger partial charge >= 0.3 is 6.09 Å². The fourth-order valence-electron chi connectivity index (χ4n) is 3.09. The number of aromatic hydroxyl groups is 1. The average Bonchev–Trinajstić information content (AvgIpc) is 2.63. The third kappa shape index (κ3) is 4.44. The van der Waals surface area contributed by atoms with Crippen molar-refractivity contribution >= 4 is 17.6 Å². The second-order valence-corrected chi connectivity index (χ2v) is 7.98. The minimum atomic E-state index is -0.515. The number of carbonyl (C=O) groups excluding carboxylic acids is 1. The summed E-state index contributed by atoms with van der Waals surface area (Å²) >= 11 is 0. The van der Waals surface area contributed by atoms with E-state index in [9.17, 15) is 9.90 Å². The highest BCUT2D eigenvalue weighted by Crippen LogP contribution is 2.32. The average molecular weight is 385 g/mol. The van der Waals surface area contributed by atoms with Gasteiger partial charge in [-0.05, 0) is 45.9 Å². The summed E-state index contributed by atoms with van der Waals surface area (Å²) in [5.74, 6) is 0.465. The van der Waals surface area contributed by atoms with Crippen LogP contribution < -0.4 is 10.6 Å². The Kier molecular flexibility index (Phi) is 5.31. The van der Waals surface area contributed by atoms with Crippen molar-refractivity contribution in [3.05, 3.63) is 29.8 Å². The molecule has 3 N–H and O–H groups in total. The largest absolute Gasteiger partial charge is 0.507 e. The van der Waals surface area contributed by atoms with Crippen LogP contribution >= 0.6 is 0 Å². The van der Waals surface area contributed by atoms with Gasteiger partial charge < -0.3 is 25.4 Å². The maximum absolute atomic E-state index is 12.2. The first-order chi connectivity index (χ1) is 13.1. The lowest BCUT2D eigenvalue weighted by atomic mass is 10.1. The van der Waals surface area contributed by atoms with Gasteiger partial charge in [-0.2, -0.15) is 0 Å². The quantitative estimate of drug-likeness (QED) is 0.819. The summed E-state index contributed by atoms with van der Waals surface area (Å²) in [6, 6.07) is 7.17. The third-order valence-corrected chi connectivity index (χ3v) is 4.50. The molecule has 0 aliphatic carbocycles. The molecule has 1 aliphatic rings. The summed E-state index contributed by atoms with van der Waals surface area (Å²) in [4.78, 5) is 16.0. The topological polar surface area (TPSA) is 105 Å². The van der Waals surface area contributed by atoms with Crippen molar-refractivity contribution in [1.29, 1.82) is 0 Å². The lowest BCUT2D eigenvalue weighted by Gasteiger charge is -2.36. The van der Waals surface area contributed by atoms with Crippen molar-refractivity contribution in [3.8, 4) is 17.0 Å². The molecule has 0 saturated carbocycles. The Hall–Kier alpha value is -3.03. The van der Waals surface area contributed by atoms with Crippen molar-refractivity contribution in [2.75, 3.05) is 36.8 Å². The van der Waals surface area contributed by atoms with Gasteiger partial charge in [0.15, 0.2) is 5.82 Å². The van der Waals surface area contributed by atoms with E-state index in [1.54, 1.807) is 11.0 Å². The number of hydrogen-bond acceptors (Lipinski definition) is 7. The van der Waals surface area contributed by atoms with Crippen LogP contribution in [0.5, 0.6) is 5.75 Å². The molecule has 1 fully saturated rings. The van der Waals surface area contributed by atoms with E-state index in [-0.39, 0.29) is 11.8 Å². The Bertz CT molecular complexity index is 871. The number of benzene rings is 1. The number of phenolic OH excluding ortho intramolecular Hbond substituents is 1. The number of aryl methyl sites for hydroxylation is 1. The molecule has 150 valence electrons. The van der Waals surface area contributed by atoms with E-state index < -0.39 is 5.60 Å². The zero-order valence-electron chi connectivity index (χ0n) is 16.8. The van der Waals surface area contributed by atoms with E-state index >= 15 is 0 Å². The fourth-order valence-corrected chi connectivity index (χ4v) is 3.09. The van der Waals surface area contributed by atoms with Crippen molar-refractivity contribution in [3.63, 3.8) is 0 Å². The standard InChI is InChI=1S/C20H27N5O3/c1-13-5-6-17(26)14(11-13)15-12-16(18(21)23-22-15)24-7-9-25(10-8-24)19(27)28-20(2,3)4/h5-6,11-12,26H,7-10H2,1-4H3,(H2,21,23). The Labute approximate surface area is 164 Å². The monoisotopic (exact) mass is 385 g/mol. The summed E-state index contributed by atoms with van der Waals surface area (Å²) in [5.41, 5.74) is 8.47. The van der Waals surface area contributed by atoms with Crippen molar-refractivity contribution < 1.29 is 14.6 Å². The van der Waals surface area contributed by atoms with E-state index in [2.05, 4.69) is 15.1 Å². The normalized spacial score (nSPS) is 14.9. The Morgan fingerprint density at radius 1 is 1.14 bits per heavy atom. The summed E-state index contributed by atoms with van der Waals surface area (Å²) < 4.78 is 5.44. The second kappa shape index (κ2) is 7.53. The number of hydrogen-bond donors (Lipinski definition) is 2. The molecule has 1 aromatic carbocycles. The number of nitrogens with zero attached hydrogens (tertiary/aromatic N) is 4. The van der Waals surface area contributed by atoms with Crippen LogP contribution in [-0.2, 0) is 4.74 Å². The summed E-state index contributed by atoms with van der Waals surface area (Å²) in [5, 5.41) is 18.4. The van der Waals surface area contributed by atoms with Gasteiger partial charge in [0.2, 0.25) is 0 Å². The van der Waals surface area contributed by atoms with Gasteiger partial charge in [0.05, 0.1) is 11.4 Å². The van der Waals surface area contributed by atoms with Crippen LogP contribution in [0.4, 0.5) is 16.3 Å². The molecule has 3 rings (SSSR count). The predicted octanol–water partition coefficient (Wildman–Crippen LogP) is 2.80. The van der Waals surface area contributed by atoms with Crippen LogP contribution in [0.2, 0.25) is 0 Å². The number of nitrogen functional groups attached to an aromatic ring is 1. The number of rotatable bonds is 2. The first-order valence-electron chi connectivity index (χ1n) is 9.30. The van der Waals surface area contributed by atoms with Gasteiger partial charge in [-0.25, -0.2) is 4.79 Å². The highest BCUT2D eigenvalue weighted by molar-refractivity contribution is 5.75. The molecule has 1 amide bonds. The van der Waals surface area contributed by atoms with Crippen LogP contribution in [0, 0.1) is 6.92 Å². The summed E-state index contributed by atoms with van der Waals surface area (Å²) in [7, 11) is 0. The molecule has 1 saturated heterocycles. The first-order valence-corrected chi connectivity index (χ1v) is 9.30. The lowest BCUT2D eigenvalue weighted by Crippen LogP contribution is -2.50. The van der Waals surface area contributed by atoms with E-state index in [4.69, 9.17) is 10.5 Å². The number of phenols is 1. The minimum Gasteiger partial charge on any atom is -0.507 e. The van der Waals surface area contributed by atoms with Gasteiger partial charge in [0, 0.05) is 31.7 Å². The maximum Gasteiger partial charge on any atom is 0.410 e. The van der Waals surface area contributed by atoms with Crippen LogP contribution in [-0.4, -0.2) is 58.1 Å². The van der Waals surface area contributed by atoms with Gasteiger partial charge in [-0.15, -0.1) is 10.2 Å². The SMILES string of the molecule is Cc1ccc(O)c(-c2cc(N3CCN(C(=O)OC(C)(C)C)CC3)c(N)nn2)c1. The minimum absolute atomic E-state index is 0.144. The zero-order valence-corrected chi connectivity index (χ0v) is 16.8. The van der Waals surface area contributed by atoms with E-state index in [0.29, 0.717) is 43.3 Å². The van der Waals surface area contributed by atoms with E-state index in [0.717, 1.165) is 11.3 Å². The van der Waals surface area contributed by atoms with Crippen molar-refractivity contribution in [2.45, 2.75) is 33.3 Å². The molecule has 28 heavy (non-hydrogen) atoms.